The standard InChI is InChI=1S/C20H16FN5O2/c1-12-17-13(10-24-26(19(17)27)20-22-8-3-9-23-20)11-25(12)15-4-2-5-16(18(15)21)28-14-6-7-14/h2-5,8-11,14H,6-7H2,1H3. The third-order valence-corrected chi connectivity index (χ3v) is 4.76. The second-order valence-corrected chi connectivity index (χ2v) is 6.73. The van der Waals surface area contributed by atoms with Crippen LogP contribution in [0.3, 0.4) is 0 Å². The van der Waals surface area contributed by atoms with E-state index in [9.17, 15) is 4.79 Å². The molecule has 0 atom stereocenters. The van der Waals surface area contributed by atoms with E-state index in [1.165, 1.54) is 0 Å². The first-order valence-corrected chi connectivity index (χ1v) is 8.96. The van der Waals surface area contributed by atoms with E-state index in [1.54, 1.807) is 60.5 Å². The first-order valence-electron chi connectivity index (χ1n) is 8.96. The third kappa shape index (κ3) is 2.65. The van der Waals surface area contributed by atoms with Crippen LogP contribution >= 0.6 is 0 Å². The molecule has 1 saturated carbocycles. The molecular weight excluding hydrogens is 361 g/mol. The molecule has 0 saturated heterocycles. The van der Waals surface area contributed by atoms with Gasteiger partial charge < -0.3 is 9.30 Å². The van der Waals surface area contributed by atoms with Crippen LogP contribution in [0.4, 0.5) is 4.39 Å². The number of aryl methyl sites for hydroxylation is 1. The molecule has 0 unspecified atom stereocenters. The van der Waals surface area contributed by atoms with Gasteiger partial charge in [-0.05, 0) is 38.0 Å². The molecule has 140 valence electrons. The van der Waals surface area contributed by atoms with Gasteiger partial charge in [0.2, 0.25) is 0 Å². The van der Waals surface area contributed by atoms with Gasteiger partial charge in [-0.1, -0.05) is 6.07 Å². The van der Waals surface area contributed by atoms with Crippen molar-refractivity contribution in [1.29, 1.82) is 0 Å². The van der Waals surface area contributed by atoms with Gasteiger partial charge in [-0.25, -0.2) is 14.4 Å². The monoisotopic (exact) mass is 377 g/mol. The van der Waals surface area contributed by atoms with Crippen LogP contribution in [0.5, 0.6) is 5.75 Å². The van der Waals surface area contributed by atoms with Crippen molar-refractivity contribution < 1.29 is 9.13 Å². The van der Waals surface area contributed by atoms with Crippen molar-refractivity contribution in [3.63, 3.8) is 0 Å². The highest BCUT2D eigenvalue weighted by Crippen LogP contribution is 2.32. The van der Waals surface area contributed by atoms with Crippen LogP contribution in [0, 0.1) is 12.7 Å². The normalized spacial score (nSPS) is 13.8. The SMILES string of the molecule is Cc1c2c(=O)n(-c3ncccn3)ncc2cn1-c1cccc(OC2CC2)c1F. The van der Waals surface area contributed by atoms with Crippen LogP contribution in [0.1, 0.15) is 18.5 Å². The number of nitrogens with zero attached hydrogens (tertiary/aromatic N) is 5. The van der Waals surface area contributed by atoms with Crippen molar-refractivity contribution in [2.75, 3.05) is 0 Å². The highest BCUT2D eigenvalue weighted by Gasteiger charge is 2.26. The quantitative estimate of drug-likeness (QED) is 0.547. The van der Waals surface area contributed by atoms with Gasteiger partial charge in [0.25, 0.3) is 11.5 Å². The number of hydrogen-bond acceptors (Lipinski definition) is 5. The Bertz CT molecular complexity index is 1240. The molecule has 0 spiro atoms. The number of halogens is 1. The summed E-state index contributed by atoms with van der Waals surface area (Å²) in [6.45, 7) is 1.77. The van der Waals surface area contributed by atoms with E-state index in [1.807, 2.05) is 0 Å². The smallest absolute Gasteiger partial charge is 0.283 e. The molecule has 1 fully saturated rings. The lowest BCUT2D eigenvalue weighted by Gasteiger charge is -2.11. The zero-order valence-electron chi connectivity index (χ0n) is 15.0. The number of fused-ring (bicyclic) bond motifs is 1. The van der Waals surface area contributed by atoms with Gasteiger partial charge in [0.15, 0.2) is 11.6 Å². The van der Waals surface area contributed by atoms with Crippen molar-refractivity contribution in [1.82, 2.24) is 24.3 Å². The molecule has 1 aliphatic carbocycles. The second-order valence-electron chi connectivity index (χ2n) is 6.73. The minimum absolute atomic E-state index is 0.0943. The van der Waals surface area contributed by atoms with Gasteiger partial charge >= 0.3 is 0 Å². The summed E-state index contributed by atoms with van der Waals surface area (Å²) < 4.78 is 23.5. The van der Waals surface area contributed by atoms with Gasteiger partial charge in [0.1, 0.15) is 0 Å². The molecule has 0 amide bonds. The van der Waals surface area contributed by atoms with Crippen molar-refractivity contribution in [2.24, 2.45) is 0 Å². The Morgan fingerprint density at radius 1 is 1.18 bits per heavy atom. The molecule has 5 rings (SSSR count). The van der Waals surface area contributed by atoms with Gasteiger partial charge in [-0.15, -0.1) is 0 Å². The first-order chi connectivity index (χ1) is 13.6. The number of ether oxygens (including phenoxy) is 1. The molecular formula is C20H16FN5O2. The molecule has 1 aliphatic rings. The van der Waals surface area contributed by atoms with E-state index in [4.69, 9.17) is 4.74 Å². The summed E-state index contributed by atoms with van der Waals surface area (Å²) in [6, 6.07) is 6.69. The Morgan fingerprint density at radius 3 is 2.71 bits per heavy atom. The average Bonchev–Trinajstić information content (AvgIpc) is 3.46. The van der Waals surface area contributed by atoms with Crippen LogP contribution in [0.15, 0.2) is 53.8 Å². The summed E-state index contributed by atoms with van der Waals surface area (Å²) in [6.07, 6.45) is 8.33. The van der Waals surface area contributed by atoms with E-state index in [2.05, 4.69) is 15.1 Å². The maximum Gasteiger partial charge on any atom is 0.283 e. The molecule has 0 radical (unpaired) electrons. The van der Waals surface area contributed by atoms with Crippen molar-refractivity contribution in [2.45, 2.75) is 25.9 Å². The Hall–Kier alpha value is -3.55. The second kappa shape index (κ2) is 6.26. The highest BCUT2D eigenvalue weighted by molar-refractivity contribution is 5.84. The van der Waals surface area contributed by atoms with E-state index in [0.29, 0.717) is 22.2 Å². The molecule has 4 aromatic rings. The fourth-order valence-electron chi connectivity index (χ4n) is 3.22. The highest BCUT2D eigenvalue weighted by atomic mass is 19.1. The van der Waals surface area contributed by atoms with E-state index in [0.717, 1.165) is 17.5 Å². The predicted octanol–water partition coefficient (Wildman–Crippen LogP) is 2.96. The largest absolute Gasteiger partial charge is 0.487 e. The summed E-state index contributed by atoms with van der Waals surface area (Å²) in [5.74, 6) is -0.0320. The molecule has 0 aliphatic heterocycles. The molecule has 1 aromatic carbocycles. The maximum absolute atomic E-state index is 15.0. The number of aromatic nitrogens is 5. The van der Waals surface area contributed by atoms with E-state index in [-0.39, 0.29) is 23.4 Å². The van der Waals surface area contributed by atoms with Crippen LogP contribution in [-0.4, -0.2) is 30.4 Å². The summed E-state index contributed by atoms with van der Waals surface area (Å²) >= 11 is 0. The Morgan fingerprint density at radius 2 is 1.96 bits per heavy atom. The average molecular weight is 377 g/mol. The molecule has 0 N–H and O–H groups in total. The Labute approximate surface area is 159 Å². The Kier molecular flexibility index (Phi) is 3.71. The summed E-state index contributed by atoms with van der Waals surface area (Å²) in [5, 5.41) is 5.21. The van der Waals surface area contributed by atoms with Crippen LogP contribution in [0.2, 0.25) is 0 Å². The van der Waals surface area contributed by atoms with E-state index >= 15 is 4.39 Å². The summed E-state index contributed by atoms with van der Waals surface area (Å²) in [4.78, 5) is 21.1. The van der Waals surface area contributed by atoms with Crippen LogP contribution in [-0.2, 0) is 0 Å². The molecule has 3 aromatic heterocycles. The lowest BCUT2D eigenvalue weighted by atomic mass is 10.2. The first kappa shape index (κ1) is 16.6. The predicted molar refractivity (Wildman–Crippen MR) is 101 cm³/mol. The zero-order chi connectivity index (χ0) is 19.3. The molecule has 28 heavy (non-hydrogen) atoms. The summed E-state index contributed by atoms with van der Waals surface area (Å²) in [5.41, 5.74) is 0.578. The molecule has 3 heterocycles. The topological polar surface area (TPSA) is 74.8 Å². The van der Waals surface area contributed by atoms with Gasteiger partial charge in [-0.2, -0.15) is 9.78 Å². The van der Waals surface area contributed by atoms with E-state index < -0.39 is 5.82 Å². The third-order valence-electron chi connectivity index (χ3n) is 4.76. The number of hydrogen-bond donors (Lipinski definition) is 0. The molecule has 7 nitrogen and oxygen atoms in total. The lowest BCUT2D eigenvalue weighted by molar-refractivity contribution is 0.287. The maximum atomic E-state index is 15.0. The van der Waals surface area contributed by atoms with Crippen molar-refractivity contribution >= 4 is 10.8 Å². The minimum Gasteiger partial charge on any atom is -0.487 e. The number of rotatable bonds is 4. The van der Waals surface area contributed by atoms with Gasteiger partial charge in [-0.3, -0.25) is 4.79 Å². The minimum atomic E-state index is -0.447. The lowest BCUT2D eigenvalue weighted by Crippen LogP contribution is -2.22. The summed E-state index contributed by atoms with van der Waals surface area (Å²) in [7, 11) is 0. The van der Waals surface area contributed by atoms with Crippen LogP contribution < -0.4 is 10.3 Å². The van der Waals surface area contributed by atoms with Gasteiger partial charge in [0.05, 0.1) is 23.4 Å². The van der Waals surface area contributed by atoms with Crippen molar-refractivity contribution in [3.8, 4) is 17.4 Å². The van der Waals surface area contributed by atoms with Gasteiger partial charge in [0, 0.05) is 29.7 Å². The molecule has 8 heteroatoms. The Balaban J connectivity index is 1.67. The fraction of sp³-hybridized carbons (Fsp3) is 0.200. The van der Waals surface area contributed by atoms with Crippen molar-refractivity contribution in [3.05, 3.63) is 70.9 Å². The fourth-order valence-corrected chi connectivity index (χ4v) is 3.22. The number of benzene rings is 1. The van der Waals surface area contributed by atoms with Crippen LogP contribution in [0.25, 0.3) is 22.4 Å². The zero-order valence-corrected chi connectivity index (χ0v) is 15.0. The molecule has 0 bridgehead atoms.